The molecule has 0 aliphatic heterocycles. The first kappa shape index (κ1) is 13.9. The predicted octanol–water partition coefficient (Wildman–Crippen LogP) is 2.06. The quantitative estimate of drug-likeness (QED) is 0.656. The van der Waals surface area contributed by atoms with Crippen molar-refractivity contribution in [2.75, 3.05) is 26.9 Å². The number of nitrogens with one attached hydrogen (secondary N) is 1. The molecule has 0 aromatic heterocycles. The summed E-state index contributed by atoms with van der Waals surface area (Å²) in [5.74, 6) is 1.42. The predicted molar refractivity (Wildman–Crippen MR) is 66.6 cm³/mol. The van der Waals surface area contributed by atoms with E-state index in [0.29, 0.717) is 18.0 Å². The molecule has 0 radical (unpaired) electrons. The number of methoxy groups -OCH3 is 1. The first-order valence-corrected chi connectivity index (χ1v) is 6.51. The fourth-order valence-electron chi connectivity index (χ4n) is 1.95. The second kappa shape index (κ2) is 7.25. The highest BCUT2D eigenvalue weighted by molar-refractivity contribution is 4.89. The lowest BCUT2D eigenvalue weighted by Crippen LogP contribution is -2.47. The first-order chi connectivity index (χ1) is 7.69. The number of hydrogen-bond donors (Lipinski definition) is 1. The number of ether oxygens (including phenoxy) is 2. The van der Waals surface area contributed by atoms with Crippen molar-refractivity contribution in [2.45, 2.75) is 45.7 Å². The van der Waals surface area contributed by atoms with Gasteiger partial charge in [0, 0.05) is 25.8 Å². The van der Waals surface area contributed by atoms with Gasteiger partial charge in [-0.1, -0.05) is 13.8 Å². The Kier molecular flexibility index (Phi) is 6.32. The molecule has 0 heterocycles. The Labute approximate surface area is 99.9 Å². The van der Waals surface area contributed by atoms with Gasteiger partial charge in [0.1, 0.15) is 0 Å². The molecule has 1 aliphatic rings. The minimum absolute atomic E-state index is 0.445. The lowest BCUT2D eigenvalue weighted by molar-refractivity contribution is 0.0873. The third-order valence-electron chi connectivity index (χ3n) is 3.27. The van der Waals surface area contributed by atoms with Crippen LogP contribution in [0.1, 0.15) is 33.6 Å². The van der Waals surface area contributed by atoms with Crippen LogP contribution in [0.5, 0.6) is 0 Å². The Hall–Kier alpha value is -0.120. The standard InChI is InChI=1S/C13H27NO2/c1-5-16-9-12(10(2)3)14-13(8-15-4)11-6-7-11/h10-14H,5-9H2,1-4H3. The Morgan fingerprint density at radius 3 is 2.38 bits per heavy atom. The molecule has 0 saturated heterocycles. The number of rotatable bonds is 9. The topological polar surface area (TPSA) is 30.5 Å². The fourth-order valence-corrected chi connectivity index (χ4v) is 1.95. The summed E-state index contributed by atoms with van der Waals surface area (Å²) in [6.07, 6.45) is 2.70. The van der Waals surface area contributed by atoms with E-state index in [4.69, 9.17) is 9.47 Å². The molecular weight excluding hydrogens is 202 g/mol. The third-order valence-corrected chi connectivity index (χ3v) is 3.27. The van der Waals surface area contributed by atoms with Crippen molar-refractivity contribution in [1.82, 2.24) is 5.32 Å². The van der Waals surface area contributed by atoms with E-state index in [1.54, 1.807) is 7.11 Å². The molecule has 0 amide bonds. The number of hydrogen-bond acceptors (Lipinski definition) is 3. The summed E-state index contributed by atoms with van der Waals surface area (Å²) < 4.78 is 10.8. The van der Waals surface area contributed by atoms with Gasteiger partial charge in [0.15, 0.2) is 0 Å². The molecule has 1 fully saturated rings. The zero-order valence-corrected chi connectivity index (χ0v) is 11.2. The van der Waals surface area contributed by atoms with Crippen LogP contribution in [0.4, 0.5) is 0 Å². The van der Waals surface area contributed by atoms with Crippen LogP contribution in [-0.2, 0) is 9.47 Å². The largest absolute Gasteiger partial charge is 0.383 e. The van der Waals surface area contributed by atoms with Gasteiger partial charge in [0.05, 0.1) is 13.2 Å². The first-order valence-electron chi connectivity index (χ1n) is 6.51. The highest BCUT2D eigenvalue weighted by Crippen LogP contribution is 2.33. The smallest absolute Gasteiger partial charge is 0.0622 e. The second-order valence-electron chi connectivity index (χ2n) is 5.08. The summed E-state index contributed by atoms with van der Waals surface area (Å²) in [5.41, 5.74) is 0. The lowest BCUT2D eigenvalue weighted by atomic mass is 10.0. The average Bonchev–Trinajstić information content (AvgIpc) is 3.05. The van der Waals surface area contributed by atoms with E-state index >= 15 is 0 Å². The van der Waals surface area contributed by atoms with Gasteiger partial charge in [-0.2, -0.15) is 0 Å². The molecule has 2 atom stereocenters. The molecule has 1 N–H and O–H groups in total. The van der Waals surface area contributed by atoms with Gasteiger partial charge in [-0.05, 0) is 31.6 Å². The van der Waals surface area contributed by atoms with Gasteiger partial charge in [0.25, 0.3) is 0 Å². The molecule has 96 valence electrons. The van der Waals surface area contributed by atoms with E-state index in [2.05, 4.69) is 19.2 Å². The van der Waals surface area contributed by atoms with E-state index in [0.717, 1.165) is 25.7 Å². The van der Waals surface area contributed by atoms with E-state index in [1.165, 1.54) is 12.8 Å². The molecule has 1 aliphatic carbocycles. The maximum absolute atomic E-state index is 5.53. The zero-order valence-electron chi connectivity index (χ0n) is 11.2. The molecule has 3 heteroatoms. The van der Waals surface area contributed by atoms with Crippen molar-refractivity contribution in [3.63, 3.8) is 0 Å². The molecule has 0 bridgehead atoms. The van der Waals surface area contributed by atoms with Crippen LogP contribution >= 0.6 is 0 Å². The summed E-state index contributed by atoms with van der Waals surface area (Å²) in [5, 5.41) is 3.70. The minimum Gasteiger partial charge on any atom is -0.383 e. The Bertz CT molecular complexity index is 181. The van der Waals surface area contributed by atoms with Crippen LogP contribution in [-0.4, -0.2) is 39.0 Å². The van der Waals surface area contributed by atoms with Crippen molar-refractivity contribution in [3.05, 3.63) is 0 Å². The molecule has 2 unspecified atom stereocenters. The van der Waals surface area contributed by atoms with Crippen LogP contribution in [0.2, 0.25) is 0 Å². The highest BCUT2D eigenvalue weighted by atomic mass is 16.5. The Morgan fingerprint density at radius 2 is 1.94 bits per heavy atom. The Morgan fingerprint density at radius 1 is 1.25 bits per heavy atom. The molecule has 1 rings (SSSR count). The van der Waals surface area contributed by atoms with Gasteiger partial charge in [0.2, 0.25) is 0 Å². The molecule has 16 heavy (non-hydrogen) atoms. The molecular formula is C13H27NO2. The van der Waals surface area contributed by atoms with Crippen LogP contribution < -0.4 is 5.32 Å². The van der Waals surface area contributed by atoms with E-state index in [-0.39, 0.29) is 0 Å². The van der Waals surface area contributed by atoms with Crippen LogP contribution in [0.15, 0.2) is 0 Å². The average molecular weight is 229 g/mol. The lowest BCUT2D eigenvalue weighted by Gasteiger charge is -2.28. The normalized spacial score (nSPS) is 20.1. The van der Waals surface area contributed by atoms with Crippen molar-refractivity contribution >= 4 is 0 Å². The van der Waals surface area contributed by atoms with Gasteiger partial charge < -0.3 is 14.8 Å². The maximum atomic E-state index is 5.53. The van der Waals surface area contributed by atoms with Gasteiger partial charge in [-0.25, -0.2) is 0 Å². The minimum atomic E-state index is 0.445. The molecule has 0 aromatic rings. The molecule has 3 nitrogen and oxygen atoms in total. The summed E-state index contributed by atoms with van der Waals surface area (Å²) in [4.78, 5) is 0. The SMILES string of the molecule is CCOCC(NC(COC)C1CC1)C(C)C. The zero-order chi connectivity index (χ0) is 12.0. The van der Waals surface area contributed by atoms with Gasteiger partial charge in [-0.3, -0.25) is 0 Å². The summed E-state index contributed by atoms with van der Waals surface area (Å²) >= 11 is 0. The molecule has 0 spiro atoms. The van der Waals surface area contributed by atoms with Crippen LogP contribution in [0.3, 0.4) is 0 Å². The molecule has 1 saturated carbocycles. The fraction of sp³-hybridized carbons (Fsp3) is 1.00. The van der Waals surface area contributed by atoms with E-state index in [1.807, 2.05) is 6.92 Å². The third kappa shape index (κ3) is 4.81. The molecule has 0 aromatic carbocycles. The summed E-state index contributed by atoms with van der Waals surface area (Å²) in [7, 11) is 1.78. The maximum Gasteiger partial charge on any atom is 0.0622 e. The van der Waals surface area contributed by atoms with Crippen molar-refractivity contribution in [3.8, 4) is 0 Å². The van der Waals surface area contributed by atoms with E-state index < -0.39 is 0 Å². The van der Waals surface area contributed by atoms with Gasteiger partial charge in [-0.15, -0.1) is 0 Å². The van der Waals surface area contributed by atoms with Crippen LogP contribution in [0, 0.1) is 11.8 Å². The van der Waals surface area contributed by atoms with E-state index in [9.17, 15) is 0 Å². The second-order valence-corrected chi connectivity index (χ2v) is 5.08. The summed E-state index contributed by atoms with van der Waals surface area (Å²) in [6, 6.07) is 0.957. The van der Waals surface area contributed by atoms with Crippen molar-refractivity contribution < 1.29 is 9.47 Å². The van der Waals surface area contributed by atoms with Crippen LogP contribution in [0.25, 0.3) is 0 Å². The Balaban J connectivity index is 2.37. The van der Waals surface area contributed by atoms with Crippen molar-refractivity contribution in [1.29, 1.82) is 0 Å². The van der Waals surface area contributed by atoms with Crippen molar-refractivity contribution in [2.24, 2.45) is 11.8 Å². The monoisotopic (exact) mass is 229 g/mol. The highest BCUT2D eigenvalue weighted by Gasteiger charge is 2.32. The van der Waals surface area contributed by atoms with Gasteiger partial charge >= 0.3 is 0 Å². The summed E-state index contributed by atoms with van der Waals surface area (Å²) in [6.45, 7) is 8.95.